The van der Waals surface area contributed by atoms with Gasteiger partial charge in [-0.1, -0.05) is 23.2 Å². The maximum atomic E-state index is 6.18. The van der Waals surface area contributed by atoms with Crippen LogP contribution in [0.1, 0.15) is 6.92 Å². The van der Waals surface area contributed by atoms with Gasteiger partial charge in [-0.3, -0.25) is 0 Å². The Morgan fingerprint density at radius 2 is 1.62 bits per heavy atom. The van der Waals surface area contributed by atoms with Crippen LogP contribution in [0, 0.1) is 0 Å². The fourth-order valence-electron chi connectivity index (χ4n) is 2.52. The van der Waals surface area contributed by atoms with Crippen molar-refractivity contribution in [3.8, 4) is 0 Å². The average Bonchev–Trinajstić information content (AvgIpc) is 2.49. The zero-order chi connectivity index (χ0) is 14.8. The van der Waals surface area contributed by atoms with E-state index in [0.29, 0.717) is 10.0 Å². The summed E-state index contributed by atoms with van der Waals surface area (Å²) in [7, 11) is 0. The van der Waals surface area contributed by atoms with Crippen molar-refractivity contribution in [2.75, 3.05) is 29.4 Å². The van der Waals surface area contributed by atoms with Gasteiger partial charge in [0.2, 0.25) is 0 Å². The first kappa shape index (κ1) is 14.3. The minimum Gasteiger partial charge on any atom is -0.351 e. The molecule has 3 rings (SSSR count). The molecule has 0 aliphatic carbocycles. The van der Waals surface area contributed by atoms with E-state index in [1.54, 1.807) is 12.4 Å². The molecule has 110 valence electrons. The zero-order valence-corrected chi connectivity index (χ0v) is 13.0. The van der Waals surface area contributed by atoms with Crippen molar-refractivity contribution < 1.29 is 0 Å². The van der Waals surface area contributed by atoms with Crippen molar-refractivity contribution in [3.05, 3.63) is 35.1 Å². The van der Waals surface area contributed by atoms with E-state index in [9.17, 15) is 0 Å². The predicted molar refractivity (Wildman–Crippen MR) is 83.1 cm³/mol. The highest BCUT2D eigenvalue weighted by atomic mass is 35.5. The van der Waals surface area contributed by atoms with Crippen molar-refractivity contribution in [2.24, 2.45) is 0 Å². The molecule has 0 bridgehead atoms. The summed E-state index contributed by atoms with van der Waals surface area (Å²) in [5.74, 6) is 1.54. The summed E-state index contributed by atoms with van der Waals surface area (Å²) in [5.41, 5.74) is 0. The molecule has 0 radical (unpaired) electrons. The summed E-state index contributed by atoms with van der Waals surface area (Å²) in [5, 5.41) is 1.14. The van der Waals surface area contributed by atoms with Crippen molar-refractivity contribution in [3.63, 3.8) is 0 Å². The van der Waals surface area contributed by atoms with E-state index in [-0.39, 0.29) is 6.04 Å². The van der Waals surface area contributed by atoms with Crippen molar-refractivity contribution in [1.29, 1.82) is 0 Å². The van der Waals surface area contributed by atoms with Crippen LogP contribution in [0.5, 0.6) is 0 Å². The number of hydrogen-bond donors (Lipinski definition) is 0. The first-order chi connectivity index (χ1) is 10.2. The molecule has 8 heteroatoms. The molecule has 0 N–H and O–H groups in total. The van der Waals surface area contributed by atoms with E-state index in [1.807, 2.05) is 0 Å². The maximum absolute atomic E-state index is 6.18. The third kappa shape index (κ3) is 2.87. The third-order valence-corrected chi connectivity index (χ3v) is 4.03. The van der Waals surface area contributed by atoms with E-state index in [2.05, 4.69) is 36.7 Å². The number of aromatic nitrogens is 4. The minimum absolute atomic E-state index is 0.234. The molecule has 0 saturated carbocycles. The van der Waals surface area contributed by atoms with Crippen LogP contribution in [-0.4, -0.2) is 45.6 Å². The molecule has 1 aliphatic rings. The minimum atomic E-state index is 0.234. The molecule has 2 aromatic rings. The molecule has 0 unspecified atom stereocenters. The molecule has 1 saturated heterocycles. The molecule has 1 atom stereocenters. The lowest BCUT2D eigenvalue weighted by Gasteiger charge is -2.41. The standard InChI is InChI=1S/C13H14Cl2N6/c1-9-6-20(12-10(14)4-16-7-18-12)2-3-21(9)13-11(15)5-17-8-19-13/h4-5,7-9H,2-3,6H2,1H3/t9-/m0/s1. The average molecular weight is 325 g/mol. The molecule has 2 aromatic heterocycles. The van der Waals surface area contributed by atoms with Crippen LogP contribution in [-0.2, 0) is 0 Å². The highest BCUT2D eigenvalue weighted by molar-refractivity contribution is 6.33. The molecule has 3 heterocycles. The number of anilines is 2. The highest BCUT2D eigenvalue weighted by Gasteiger charge is 2.27. The van der Waals surface area contributed by atoms with Gasteiger partial charge in [0.1, 0.15) is 22.7 Å². The normalized spacial score (nSPS) is 18.9. The Morgan fingerprint density at radius 3 is 2.19 bits per heavy atom. The van der Waals surface area contributed by atoms with E-state index in [4.69, 9.17) is 23.2 Å². The SMILES string of the molecule is C[C@H]1CN(c2ncncc2Cl)CCN1c1ncncc1Cl. The molecule has 0 spiro atoms. The summed E-state index contributed by atoms with van der Waals surface area (Å²) < 4.78 is 0. The van der Waals surface area contributed by atoms with Gasteiger partial charge in [-0.05, 0) is 6.92 Å². The number of piperazine rings is 1. The molecular formula is C13H14Cl2N6. The molecule has 21 heavy (non-hydrogen) atoms. The number of halogens is 2. The molecular weight excluding hydrogens is 311 g/mol. The van der Waals surface area contributed by atoms with Gasteiger partial charge >= 0.3 is 0 Å². The predicted octanol–water partition coefficient (Wildman–Crippen LogP) is 2.29. The maximum Gasteiger partial charge on any atom is 0.151 e. The van der Waals surface area contributed by atoms with Gasteiger partial charge in [-0.25, -0.2) is 19.9 Å². The fraction of sp³-hybridized carbons (Fsp3) is 0.385. The molecule has 6 nitrogen and oxygen atoms in total. The summed E-state index contributed by atoms with van der Waals surface area (Å²) >= 11 is 12.3. The van der Waals surface area contributed by atoms with Crippen LogP contribution in [0.15, 0.2) is 25.0 Å². The number of rotatable bonds is 2. The Hall–Kier alpha value is -1.66. The van der Waals surface area contributed by atoms with Crippen molar-refractivity contribution >= 4 is 34.8 Å². The van der Waals surface area contributed by atoms with E-state index < -0.39 is 0 Å². The van der Waals surface area contributed by atoms with Gasteiger partial charge in [-0.2, -0.15) is 0 Å². The topological polar surface area (TPSA) is 58.0 Å². The smallest absolute Gasteiger partial charge is 0.151 e. The summed E-state index contributed by atoms with van der Waals surface area (Å²) in [4.78, 5) is 20.7. The van der Waals surface area contributed by atoms with Gasteiger partial charge < -0.3 is 9.80 Å². The number of hydrogen-bond acceptors (Lipinski definition) is 6. The van der Waals surface area contributed by atoms with E-state index >= 15 is 0 Å². The Kier molecular flexibility index (Phi) is 4.07. The van der Waals surface area contributed by atoms with Crippen LogP contribution in [0.4, 0.5) is 11.6 Å². The second-order valence-corrected chi connectivity index (χ2v) is 5.69. The van der Waals surface area contributed by atoms with Gasteiger partial charge in [0.25, 0.3) is 0 Å². The van der Waals surface area contributed by atoms with Gasteiger partial charge in [0.05, 0.1) is 12.4 Å². The Balaban J connectivity index is 1.79. The van der Waals surface area contributed by atoms with Crippen LogP contribution in [0.3, 0.4) is 0 Å². The summed E-state index contributed by atoms with van der Waals surface area (Å²) in [6.07, 6.45) is 6.26. The second kappa shape index (κ2) is 5.99. The second-order valence-electron chi connectivity index (χ2n) is 4.88. The highest BCUT2D eigenvalue weighted by Crippen LogP contribution is 2.28. The molecule has 0 aromatic carbocycles. The Morgan fingerprint density at radius 1 is 1.00 bits per heavy atom. The zero-order valence-electron chi connectivity index (χ0n) is 11.4. The fourth-order valence-corrected chi connectivity index (χ4v) is 2.96. The molecule has 1 fully saturated rings. The summed E-state index contributed by atoms with van der Waals surface area (Å²) in [6.45, 7) is 4.50. The lowest BCUT2D eigenvalue weighted by molar-refractivity contribution is 0.542. The van der Waals surface area contributed by atoms with Gasteiger partial charge in [0, 0.05) is 25.7 Å². The van der Waals surface area contributed by atoms with Crippen LogP contribution in [0.25, 0.3) is 0 Å². The van der Waals surface area contributed by atoms with Gasteiger partial charge in [0.15, 0.2) is 11.6 Å². The third-order valence-electron chi connectivity index (χ3n) is 3.50. The van der Waals surface area contributed by atoms with Crippen LogP contribution < -0.4 is 9.80 Å². The van der Waals surface area contributed by atoms with E-state index in [1.165, 1.54) is 12.7 Å². The first-order valence-corrected chi connectivity index (χ1v) is 7.35. The molecule has 1 aliphatic heterocycles. The largest absolute Gasteiger partial charge is 0.351 e. The van der Waals surface area contributed by atoms with Crippen molar-refractivity contribution in [2.45, 2.75) is 13.0 Å². The number of nitrogens with zero attached hydrogens (tertiary/aromatic N) is 6. The van der Waals surface area contributed by atoms with Gasteiger partial charge in [-0.15, -0.1) is 0 Å². The molecule has 0 amide bonds. The Labute approximate surface area is 132 Å². The van der Waals surface area contributed by atoms with Crippen molar-refractivity contribution in [1.82, 2.24) is 19.9 Å². The first-order valence-electron chi connectivity index (χ1n) is 6.59. The lowest BCUT2D eigenvalue weighted by Crippen LogP contribution is -2.52. The lowest BCUT2D eigenvalue weighted by atomic mass is 10.2. The Bertz CT molecular complexity index is 638. The van der Waals surface area contributed by atoms with E-state index in [0.717, 1.165) is 31.3 Å². The van der Waals surface area contributed by atoms with Crippen LogP contribution >= 0.6 is 23.2 Å². The summed E-state index contributed by atoms with van der Waals surface area (Å²) in [6, 6.07) is 0.234. The van der Waals surface area contributed by atoms with Crippen LogP contribution in [0.2, 0.25) is 10.0 Å². The quantitative estimate of drug-likeness (QED) is 0.844. The monoisotopic (exact) mass is 324 g/mol.